The van der Waals surface area contributed by atoms with E-state index in [2.05, 4.69) is 51.1 Å². The summed E-state index contributed by atoms with van der Waals surface area (Å²) < 4.78 is 1.71. The van der Waals surface area contributed by atoms with Crippen LogP contribution >= 0.6 is 0 Å². The summed E-state index contributed by atoms with van der Waals surface area (Å²) in [6.07, 6.45) is 5.79. The first kappa shape index (κ1) is 16.8. The quantitative estimate of drug-likeness (QED) is 0.736. The zero-order valence-corrected chi connectivity index (χ0v) is 15.5. The number of benzene rings is 1. The van der Waals surface area contributed by atoms with Crippen molar-refractivity contribution >= 4 is 25.2 Å². The molecule has 1 nitrogen and oxygen atoms in total. The van der Waals surface area contributed by atoms with Crippen LogP contribution in [0.3, 0.4) is 0 Å². The Morgan fingerprint density at radius 2 is 1.76 bits per heavy atom. The van der Waals surface area contributed by atoms with Gasteiger partial charge in [-0.2, -0.15) is 0 Å². The number of carbonyl (C=O) groups is 1. The van der Waals surface area contributed by atoms with Gasteiger partial charge in [0.15, 0.2) is 0 Å². The van der Waals surface area contributed by atoms with Crippen LogP contribution in [0.25, 0.3) is 0 Å². The summed E-state index contributed by atoms with van der Waals surface area (Å²) in [7, 11) is 0. The van der Waals surface area contributed by atoms with Crippen molar-refractivity contribution in [1.82, 2.24) is 0 Å². The average Bonchev–Trinajstić information content (AvgIpc) is 2.38. The Kier molecular flexibility index (Phi) is 5.33. The molecule has 0 spiro atoms. The molecule has 1 saturated carbocycles. The van der Waals surface area contributed by atoms with Gasteiger partial charge in [0.25, 0.3) is 0 Å². The molecule has 0 heterocycles. The van der Waals surface area contributed by atoms with E-state index in [1.165, 1.54) is 30.1 Å². The van der Waals surface area contributed by atoms with Gasteiger partial charge in [-0.1, -0.05) is 0 Å². The monoisotopic (exact) mass is 352 g/mol. The molecule has 0 atom stereocenters. The minimum atomic E-state index is 0.266. The summed E-state index contributed by atoms with van der Waals surface area (Å²) in [5, 5.41) is 0. The Hall–Kier alpha value is -0.591. The van der Waals surface area contributed by atoms with E-state index in [1.807, 2.05) is 0 Å². The van der Waals surface area contributed by atoms with Crippen LogP contribution in [0.4, 0.5) is 0 Å². The standard InChI is InChI=1S/C19H28OSe/c1-15(20)14-19(21-17-8-6-5-7-9-17)12-10-16(11-13-19)18(2,3)4/h5-9,16H,10-14H2,1-4H3. The third kappa shape index (κ3) is 4.69. The van der Waals surface area contributed by atoms with Crippen molar-refractivity contribution in [3.05, 3.63) is 30.3 Å². The molecule has 0 saturated heterocycles. The van der Waals surface area contributed by atoms with Crippen LogP contribution in [0.15, 0.2) is 30.3 Å². The fraction of sp³-hybridized carbons (Fsp3) is 0.632. The molecule has 0 N–H and O–H groups in total. The van der Waals surface area contributed by atoms with Gasteiger partial charge in [-0.3, -0.25) is 0 Å². The van der Waals surface area contributed by atoms with Crippen LogP contribution in [0, 0.1) is 11.3 Å². The predicted molar refractivity (Wildman–Crippen MR) is 91.2 cm³/mol. The molecule has 0 radical (unpaired) electrons. The molecule has 2 heteroatoms. The molecule has 0 bridgehead atoms. The summed E-state index contributed by atoms with van der Waals surface area (Å²) in [6, 6.07) is 10.8. The number of Topliss-reactive ketones (excluding diaryl/α,β-unsaturated/α-hetero) is 1. The maximum absolute atomic E-state index is 11.8. The van der Waals surface area contributed by atoms with Gasteiger partial charge in [0.05, 0.1) is 0 Å². The van der Waals surface area contributed by atoms with E-state index in [9.17, 15) is 4.79 Å². The number of ketones is 1. The Bertz CT molecular complexity index is 464. The summed E-state index contributed by atoms with van der Waals surface area (Å²) >= 11 is 0.406. The molecule has 0 unspecified atom stereocenters. The van der Waals surface area contributed by atoms with E-state index >= 15 is 0 Å². The van der Waals surface area contributed by atoms with Crippen molar-refractivity contribution in [2.45, 2.75) is 64.1 Å². The van der Waals surface area contributed by atoms with Crippen LogP contribution in [-0.2, 0) is 4.79 Å². The third-order valence-corrected chi connectivity index (χ3v) is 7.90. The molecule has 116 valence electrons. The van der Waals surface area contributed by atoms with Gasteiger partial charge in [-0.25, -0.2) is 0 Å². The van der Waals surface area contributed by atoms with Crippen molar-refractivity contribution in [1.29, 1.82) is 0 Å². The van der Waals surface area contributed by atoms with E-state index in [0.717, 1.165) is 12.3 Å². The van der Waals surface area contributed by atoms with E-state index in [4.69, 9.17) is 0 Å². The molecule has 0 aliphatic heterocycles. The average molecular weight is 351 g/mol. The molecular weight excluding hydrogens is 323 g/mol. The van der Waals surface area contributed by atoms with Crippen LogP contribution in [0.2, 0.25) is 4.31 Å². The Labute approximate surface area is 136 Å². The zero-order chi connectivity index (χ0) is 15.5. The Morgan fingerprint density at radius 3 is 2.24 bits per heavy atom. The molecule has 1 aliphatic rings. The van der Waals surface area contributed by atoms with Gasteiger partial charge < -0.3 is 0 Å². The zero-order valence-electron chi connectivity index (χ0n) is 13.8. The first-order valence-corrected chi connectivity index (χ1v) is 9.76. The second-order valence-electron chi connectivity index (χ2n) is 7.62. The van der Waals surface area contributed by atoms with Gasteiger partial charge in [0.1, 0.15) is 0 Å². The van der Waals surface area contributed by atoms with Crippen molar-refractivity contribution in [3.8, 4) is 0 Å². The van der Waals surface area contributed by atoms with Gasteiger partial charge in [0.2, 0.25) is 0 Å². The number of rotatable bonds is 4. The van der Waals surface area contributed by atoms with Crippen molar-refractivity contribution < 1.29 is 4.79 Å². The molecular formula is C19H28OSe. The molecule has 1 aromatic carbocycles. The summed E-state index contributed by atoms with van der Waals surface area (Å²) in [5.74, 6) is 1.17. The normalized spacial score (nSPS) is 26.6. The first-order chi connectivity index (χ1) is 9.81. The predicted octanol–water partition coefficient (Wildman–Crippen LogP) is 4.39. The molecule has 2 rings (SSSR count). The second-order valence-corrected chi connectivity index (χ2v) is 10.9. The van der Waals surface area contributed by atoms with Gasteiger partial charge in [-0.15, -0.1) is 0 Å². The molecule has 0 amide bonds. The fourth-order valence-corrected chi connectivity index (χ4v) is 6.68. The second kappa shape index (κ2) is 6.67. The fourth-order valence-electron chi connectivity index (χ4n) is 3.52. The molecule has 1 aromatic rings. The van der Waals surface area contributed by atoms with Gasteiger partial charge in [-0.05, 0) is 0 Å². The van der Waals surface area contributed by atoms with E-state index in [1.54, 1.807) is 6.92 Å². The van der Waals surface area contributed by atoms with Crippen LogP contribution in [0.1, 0.15) is 59.8 Å². The van der Waals surface area contributed by atoms with Crippen LogP contribution < -0.4 is 4.46 Å². The summed E-state index contributed by atoms with van der Waals surface area (Å²) in [4.78, 5) is 11.8. The van der Waals surface area contributed by atoms with Crippen LogP contribution in [0.5, 0.6) is 0 Å². The van der Waals surface area contributed by atoms with Gasteiger partial charge >= 0.3 is 136 Å². The number of hydrogen-bond acceptors (Lipinski definition) is 1. The topological polar surface area (TPSA) is 17.1 Å². The van der Waals surface area contributed by atoms with Crippen molar-refractivity contribution in [2.24, 2.45) is 11.3 Å². The third-order valence-electron chi connectivity index (χ3n) is 4.77. The molecule has 1 fully saturated rings. The van der Waals surface area contributed by atoms with Crippen LogP contribution in [-0.4, -0.2) is 20.7 Å². The van der Waals surface area contributed by atoms with Crippen molar-refractivity contribution in [2.75, 3.05) is 0 Å². The number of carbonyl (C=O) groups excluding carboxylic acids is 1. The first-order valence-electron chi connectivity index (χ1n) is 8.04. The van der Waals surface area contributed by atoms with E-state index in [0.29, 0.717) is 26.2 Å². The van der Waals surface area contributed by atoms with Crippen molar-refractivity contribution in [3.63, 3.8) is 0 Å². The van der Waals surface area contributed by atoms with Gasteiger partial charge in [0, 0.05) is 0 Å². The SMILES string of the molecule is CC(=O)CC1([Se]c2ccccc2)CCC(C(C)(C)C)CC1. The summed E-state index contributed by atoms with van der Waals surface area (Å²) in [5.41, 5.74) is 0.405. The number of hydrogen-bond donors (Lipinski definition) is 0. The minimum absolute atomic E-state index is 0.266. The Balaban J connectivity index is 2.11. The van der Waals surface area contributed by atoms with E-state index < -0.39 is 0 Å². The maximum atomic E-state index is 11.8. The molecule has 21 heavy (non-hydrogen) atoms. The molecule has 1 aliphatic carbocycles. The Morgan fingerprint density at radius 1 is 1.19 bits per heavy atom. The molecule has 0 aromatic heterocycles. The summed E-state index contributed by atoms with van der Waals surface area (Å²) in [6.45, 7) is 8.84. The van der Waals surface area contributed by atoms with E-state index in [-0.39, 0.29) is 4.31 Å².